The van der Waals surface area contributed by atoms with Crippen LogP contribution in [-0.4, -0.2) is 8.42 Å². The van der Waals surface area contributed by atoms with Gasteiger partial charge in [0.25, 0.3) is 0 Å². The van der Waals surface area contributed by atoms with Gasteiger partial charge in [0, 0.05) is 0 Å². The first kappa shape index (κ1) is 15.8. The van der Waals surface area contributed by atoms with E-state index in [1.165, 1.54) is 0 Å². The quantitative estimate of drug-likeness (QED) is 0.832. The van der Waals surface area contributed by atoms with E-state index in [4.69, 9.17) is 0 Å². The first-order valence-corrected chi connectivity index (χ1v) is 8.64. The van der Waals surface area contributed by atoms with Gasteiger partial charge in [-0.2, -0.15) is 0 Å². The molecule has 2 rings (SSSR count). The molecule has 21 heavy (non-hydrogen) atoms. The largest absolute Gasteiger partial charge is 0.218 e. The van der Waals surface area contributed by atoms with Crippen LogP contribution in [0.5, 0.6) is 0 Å². The Morgan fingerprint density at radius 1 is 0.905 bits per heavy atom. The van der Waals surface area contributed by atoms with Crippen molar-refractivity contribution in [1.82, 2.24) is 0 Å². The SMILES string of the molecule is Cc1cc(C)c(S(=O)(=O)c2cccc(C(C)C)c2)c(C)c1. The second-order valence-electron chi connectivity index (χ2n) is 5.96. The van der Waals surface area contributed by atoms with Crippen molar-refractivity contribution >= 4 is 9.84 Å². The Kier molecular flexibility index (Phi) is 4.24. The van der Waals surface area contributed by atoms with Crippen molar-refractivity contribution in [3.63, 3.8) is 0 Å². The van der Waals surface area contributed by atoms with E-state index in [9.17, 15) is 8.42 Å². The fourth-order valence-electron chi connectivity index (χ4n) is 2.75. The molecule has 0 aliphatic rings. The van der Waals surface area contributed by atoms with E-state index in [0.717, 1.165) is 22.3 Å². The highest BCUT2D eigenvalue weighted by Gasteiger charge is 2.22. The molecule has 2 aromatic carbocycles. The lowest BCUT2D eigenvalue weighted by Gasteiger charge is -2.14. The molecule has 0 aliphatic carbocycles. The van der Waals surface area contributed by atoms with Crippen LogP contribution in [0.4, 0.5) is 0 Å². The zero-order valence-corrected chi connectivity index (χ0v) is 14.1. The van der Waals surface area contributed by atoms with E-state index in [1.54, 1.807) is 12.1 Å². The number of hydrogen-bond donors (Lipinski definition) is 0. The van der Waals surface area contributed by atoms with Crippen molar-refractivity contribution in [2.24, 2.45) is 0 Å². The van der Waals surface area contributed by atoms with E-state index < -0.39 is 9.84 Å². The molecule has 112 valence electrons. The van der Waals surface area contributed by atoms with Gasteiger partial charge >= 0.3 is 0 Å². The molecule has 0 heterocycles. The van der Waals surface area contributed by atoms with Gasteiger partial charge in [-0.25, -0.2) is 8.42 Å². The predicted octanol–water partition coefficient (Wildman–Crippen LogP) is 4.57. The molecule has 0 aliphatic heterocycles. The minimum atomic E-state index is -3.47. The van der Waals surface area contributed by atoms with Crippen molar-refractivity contribution in [2.45, 2.75) is 50.3 Å². The van der Waals surface area contributed by atoms with Crippen molar-refractivity contribution in [2.75, 3.05) is 0 Å². The van der Waals surface area contributed by atoms with Gasteiger partial charge < -0.3 is 0 Å². The normalized spacial score (nSPS) is 11.9. The van der Waals surface area contributed by atoms with Crippen LogP contribution in [-0.2, 0) is 9.84 Å². The number of rotatable bonds is 3. The Bertz CT molecular complexity index is 749. The van der Waals surface area contributed by atoms with Crippen molar-refractivity contribution in [1.29, 1.82) is 0 Å². The molecule has 0 saturated heterocycles. The van der Waals surface area contributed by atoms with Crippen LogP contribution >= 0.6 is 0 Å². The lowest BCUT2D eigenvalue weighted by Crippen LogP contribution is -2.07. The molecule has 2 nitrogen and oxygen atoms in total. The zero-order valence-electron chi connectivity index (χ0n) is 13.3. The van der Waals surface area contributed by atoms with Gasteiger partial charge in [0.1, 0.15) is 0 Å². The smallest absolute Gasteiger partial charge is 0.207 e. The van der Waals surface area contributed by atoms with E-state index in [1.807, 2.05) is 45.0 Å². The van der Waals surface area contributed by atoms with Gasteiger partial charge in [0.2, 0.25) is 9.84 Å². The molecule has 0 saturated carbocycles. The average molecular weight is 302 g/mol. The summed E-state index contributed by atoms with van der Waals surface area (Å²) < 4.78 is 25.9. The third-order valence-corrected chi connectivity index (χ3v) is 5.76. The van der Waals surface area contributed by atoms with Crippen molar-refractivity contribution in [3.8, 4) is 0 Å². The summed E-state index contributed by atoms with van der Waals surface area (Å²) in [4.78, 5) is 0.817. The van der Waals surface area contributed by atoms with E-state index in [-0.39, 0.29) is 0 Å². The van der Waals surface area contributed by atoms with Gasteiger partial charge in [0.05, 0.1) is 9.79 Å². The van der Waals surface area contributed by atoms with Crippen LogP contribution in [0.25, 0.3) is 0 Å². The summed E-state index contributed by atoms with van der Waals surface area (Å²) in [5, 5.41) is 0. The number of benzene rings is 2. The van der Waals surface area contributed by atoms with E-state index in [2.05, 4.69) is 13.8 Å². The highest BCUT2D eigenvalue weighted by molar-refractivity contribution is 7.91. The number of aryl methyl sites for hydroxylation is 3. The van der Waals surface area contributed by atoms with Crippen LogP contribution in [0.3, 0.4) is 0 Å². The van der Waals surface area contributed by atoms with Gasteiger partial charge in [-0.15, -0.1) is 0 Å². The molecule has 3 heteroatoms. The lowest BCUT2D eigenvalue weighted by atomic mass is 10.0. The van der Waals surface area contributed by atoms with Crippen molar-refractivity contribution in [3.05, 3.63) is 58.7 Å². The monoisotopic (exact) mass is 302 g/mol. The molecule has 0 bridgehead atoms. The summed E-state index contributed by atoms with van der Waals surface area (Å²) >= 11 is 0. The van der Waals surface area contributed by atoms with Gasteiger partial charge in [-0.1, -0.05) is 43.7 Å². The van der Waals surface area contributed by atoms with E-state index >= 15 is 0 Å². The lowest BCUT2D eigenvalue weighted by molar-refractivity contribution is 0.594. The molecule has 0 spiro atoms. The van der Waals surface area contributed by atoms with Crippen LogP contribution in [0, 0.1) is 20.8 Å². The topological polar surface area (TPSA) is 34.1 Å². The van der Waals surface area contributed by atoms with Crippen molar-refractivity contribution < 1.29 is 8.42 Å². The van der Waals surface area contributed by atoms with Crippen LogP contribution in [0.15, 0.2) is 46.2 Å². The molecule has 0 aromatic heterocycles. The molecular formula is C18H22O2S. The summed E-state index contributed by atoms with van der Waals surface area (Å²) in [5.41, 5.74) is 3.74. The Hall–Kier alpha value is -1.61. The fourth-order valence-corrected chi connectivity index (χ4v) is 4.50. The highest BCUT2D eigenvalue weighted by Crippen LogP contribution is 2.29. The Morgan fingerprint density at radius 3 is 2.00 bits per heavy atom. The summed E-state index contributed by atoms with van der Waals surface area (Å²) in [6, 6.07) is 11.1. The Morgan fingerprint density at radius 2 is 1.48 bits per heavy atom. The summed E-state index contributed by atoms with van der Waals surface area (Å²) in [6.07, 6.45) is 0. The summed E-state index contributed by atoms with van der Waals surface area (Å²) in [6.45, 7) is 9.83. The molecule has 0 unspecified atom stereocenters. The first-order valence-electron chi connectivity index (χ1n) is 7.16. The molecule has 0 amide bonds. The average Bonchev–Trinajstić information content (AvgIpc) is 2.37. The minimum Gasteiger partial charge on any atom is -0.218 e. The molecular weight excluding hydrogens is 280 g/mol. The maximum atomic E-state index is 13.0. The number of hydrogen-bond acceptors (Lipinski definition) is 2. The van der Waals surface area contributed by atoms with Gasteiger partial charge in [0.15, 0.2) is 0 Å². The summed E-state index contributed by atoms with van der Waals surface area (Å²) in [5.74, 6) is 0.306. The molecule has 0 fully saturated rings. The standard InChI is InChI=1S/C18H22O2S/c1-12(2)16-7-6-8-17(11-16)21(19,20)18-14(4)9-13(3)10-15(18)5/h6-12H,1-5H3. The predicted molar refractivity (Wildman–Crippen MR) is 86.6 cm³/mol. The fraction of sp³-hybridized carbons (Fsp3) is 0.333. The maximum Gasteiger partial charge on any atom is 0.207 e. The van der Waals surface area contributed by atoms with Gasteiger partial charge in [-0.05, 0) is 55.5 Å². The Balaban J connectivity index is 2.66. The molecule has 0 N–H and O–H groups in total. The molecule has 0 atom stereocenters. The first-order chi connectivity index (χ1) is 9.73. The summed E-state index contributed by atoms with van der Waals surface area (Å²) in [7, 11) is -3.47. The third-order valence-electron chi connectivity index (χ3n) is 3.71. The van der Waals surface area contributed by atoms with Gasteiger partial charge in [-0.3, -0.25) is 0 Å². The Labute approximate surface area is 127 Å². The van der Waals surface area contributed by atoms with Crippen LogP contribution < -0.4 is 0 Å². The number of sulfone groups is 1. The van der Waals surface area contributed by atoms with Crippen LogP contribution in [0.2, 0.25) is 0 Å². The molecule has 2 aromatic rings. The zero-order chi connectivity index (χ0) is 15.8. The second kappa shape index (κ2) is 5.64. The third kappa shape index (κ3) is 3.03. The minimum absolute atomic E-state index is 0.306. The van der Waals surface area contributed by atoms with Crippen LogP contribution in [0.1, 0.15) is 42.0 Å². The van der Waals surface area contributed by atoms with E-state index in [0.29, 0.717) is 15.7 Å². The maximum absolute atomic E-state index is 13.0. The molecule has 0 radical (unpaired) electrons. The highest BCUT2D eigenvalue weighted by atomic mass is 32.2. The second-order valence-corrected chi connectivity index (χ2v) is 7.84.